The molecule has 0 aromatic heterocycles. The fourth-order valence-electron chi connectivity index (χ4n) is 2.65. The Labute approximate surface area is 137 Å². The number of nitrogens with one attached hydrogen (secondary N) is 2. The third-order valence-corrected chi connectivity index (χ3v) is 3.86. The SMILES string of the molecule is CNCCc1cc(OC)c(OC)cc1C(NO)c1ccccc1. The summed E-state index contributed by atoms with van der Waals surface area (Å²) in [4.78, 5) is 0. The van der Waals surface area contributed by atoms with E-state index in [-0.39, 0.29) is 6.04 Å². The van der Waals surface area contributed by atoms with Crippen LogP contribution in [0.15, 0.2) is 42.5 Å². The van der Waals surface area contributed by atoms with E-state index in [1.54, 1.807) is 14.2 Å². The van der Waals surface area contributed by atoms with Gasteiger partial charge in [0, 0.05) is 0 Å². The van der Waals surface area contributed by atoms with Crippen molar-refractivity contribution in [2.45, 2.75) is 12.5 Å². The quantitative estimate of drug-likeness (QED) is 0.653. The van der Waals surface area contributed by atoms with Crippen molar-refractivity contribution in [1.29, 1.82) is 0 Å². The van der Waals surface area contributed by atoms with E-state index < -0.39 is 0 Å². The highest BCUT2D eigenvalue weighted by atomic mass is 16.5. The molecule has 0 spiro atoms. The highest BCUT2D eigenvalue weighted by Gasteiger charge is 2.20. The molecule has 0 fully saturated rings. The zero-order valence-corrected chi connectivity index (χ0v) is 13.8. The molecular weight excluding hydrogens is 292 g/mol. The van der Waals surface area contributed by atoms with Crippen molar-refractivity contribution in [2.24, 2.45) is 0 Å². The normalized spacial score (nSPS) is 12.0. The smallest absolute Gasteiger partial charge is 0.161 e. The molecule has 23 heavy (non-hydrogen) atoms. The van der Waals surface area contributed by atoms with Gasteiger partial charge >= 0.3 is 0 Å². The monoisotopic (exact) mass is 316 g/mol. The van der Waals surface area contributed by atoms with Crippen molar-refractivity contribution in [3.05, 3.63) is 59.2 Å². The topological polar surface area (TPSA) is 62.8 Å². The number of methoxy groups -OCH3 is 2. The molecule has 0 aliphatic carbocycles. The lowest BCUT2D eigenvalue weighted by Gasteiger charge is -2.22. The molecule has 0 saturated heterocycles. The molecule has 0 saturated carbocycles. The molecule has 0 bridgehead atoms. The first kappa shape index (κ1) is 17.3. The van der Waals surface area contributed by atoms with Gasteiger partial charge in [-0.25, -0.2) is 0 Å². The molecule has 0 radical (unpaired) electrons. The molecule has 3 N–H and O–H groups in total. The van der Waals surface area contributed by atoms with Gasteiger partial charge in [-0.1, -0.05) is 30.3 Å². The van der Waals surface area contributed by atoms with Crippen LogP contribution < -0.4 is 20.3 Å². The van der Waals surface area contributed by atoms with Gasteiger partial charge in [-0.05, 0) is 48.8 Å². The van der Waals surface area contributed by atoms with Gasteiger partial charge in [0.15, 0.2) is 11.5 Å². The van der Waals surface area contributed by atoms with Gasteiger partial charge in [0.1, 0.15) is 0 Å². The highest BCUT2D eigenvalue weighted by molar-refractivity contribution is 5.50. The Morgan fingerprint density at radius 2 is 1.70 bits per heavy atom. The van der Waals surface area contributed by atoms with Crippen molar-refractivity contribution < 1.29 is 14.7 Å². The lowest BCUT2D eigenvalue weighted by Crippen LogP contribution is -2.21. The van der Waals surface area contributed by atoms with E-state index >= 15 is 0 Å². The zero-order chi connectivity index (χ0) is 16.7. The van der Waals surface area contributed by atoms with E-state index in [0.29, 0.717) is 11.5 Å². The molecule has 2 aromatic rings. The standard InChI is InChI=1S/C18H24N2O3/c1-19-10-9-14-11-16(22-2)17(23-3)12-15(14)18(20-21)13-7-5-4-6-8-13/h4-8,11-12,18-21H,9-10H2,1-3H3. The maximum atomic E-state index is 9.74. The predicted molar refractivity (Wildman–Crippen MR) is 90.4 cm³/mol. The molecule has 0 aliphatic rings. The van der Waals surface area contributed by atoms with E-state index in [1.807, 2.05) is 49.5 Å². The van der Waals surface area contributed by atoms with Gasteiger partial charge in [-0.3, -0.25) is 0 Å². The van der Waals surface area contributed by atoms with Crippen LogP contribution in [0.5, 0.6) is 11.5 Å². The summed E-state index contributed by atoms with van der Waals surface area (Å²) in [6, 6.07) is 13.4. The van der Waals surface area contributed by atoms with E-state index in [9.17, 15) is 5.21 Å². The van der Waals surface area contributed by atoms with Gasteiger partial charge in [0.05, 0.1) is 20.3 Å². The minimum atomic E-state index is -0.331. The summed E-state index contributed by atoms with van der Waals surface area (Å²) >= 11 is 0. The molecule has 0 heterocycles. The Morgan fingerprint density at radius 1 is 1.04 bits per heavy atom. The summed E-state index contributed by atoms with van der Waals surface area (Å²) in [6.45, 7) is 0.829. The number of rotatable bonds is 8. The Hall–Kier alpha value is -2.08. The first-order valence-corrected chi connectivity index (χ1v) is 7.59. The number of ether oxygens (including phenoxy) is 2. The van der Waals surface area contributed by atoms with Crippen molar-refractivity contribution in [3.8, 4) is 11.5 Å². The molecule has 1 atom stereocenters. The summed E-state index contributed by atoms with van der Waals surface area (Å²) in [5.74, 6) is 1.33. The van der Waals surface area contributed by atoms with Crippen LogP contribution in [0.3, 0.4) is 0 Å². The van der Waals surface area contributed by atoms with Crippen LogP contribution in [0.1, 0.15) is 22.7 Å². The fraction of sp³-hybridized carbons (Fsp3) is 0.333. The number of likely N-dealkylation sites (N-methyl/N-ethyl adjacent to an activating group) is 1. The summed E-state index contributed by atoms with van der Waals surface area (Å²) in [6.07, 6.45) is 0.817. The minimum Gasteiger partial charge on any atom is -0.493 e. The van der Waals surface area contributed by atoms with Crippen LogP contribution >= 0.6 is 0 Å². The second kappa shape index (κ2) is 8.53. The zero-order valence-electron chi connectivity index (χ0n) is 13.8. The Kier molecular flexibility index (Phi) is 6.40. The number of benzene rings is 2. The van der Waals surface area contributed by atoms with E-state index in [4.69, 9.17) is 9.47 Å². The van der Waals surface area contributed by atoms with Crippen LogP contribution in [-0.2, 0) is 6.42 Å². The van der Waals surface area contributed by atoms with Crippen molar-refractivity contribution in [3.63, 3.8) is 0 Å². The van der Waals surface area contributed by atoms with Crippen molar-refractivity contribution >= 4 is 0 Å². The van der Waals surface area contributed by atoms with Gasteiger partial charge in [-0.2, -0.15) is 5.48 Å². The molecule has 5 nitrogen and oxygen atoms in total. The first-order chi connectivity index (χ1) is 11.2. The first-order valence-electron chi connectivity index (χ1n) is 7.59. The van der Waals surface area contributed by atoms with Crippen LogP contribution in [0.4, 0.5) is 0 Å². The van der Waals surface area contributed by atoms with Gasteiger partial charge < -0.3 is 20.0 Å². The summed E-state index contributed by atoms with van der Waals surface area (Å²) in [5, 5.41) is 12.9. The Morgan fingerprint density at radius 3 is 2.26 bits per heavy atom. The summed E-state index contributed by atoms with van der Waals surface area (Å²) < 4.78 is 10.8. The third kappa shape index (κ3) is 4.01. The number of hydrogen-bond donors (Lipinski definition) is 3. The van der Waals surface area contributed by atoms with E-state index in [2.05, 4.69) is 10.8 Å². The van der Waals surface area contributed by atoms with Crippen molar-refractivity contribution in [2.75, 3.05) is 27.8 Å². The molecule has 5 heteroatoms. The second-order valence-corrected chi connectivity index (χ2v) is 5.23. The largest absolute Gasteiger partial charge is 0.493 e. The summed E-state index contributed by atoms with van der Waals surface area (Å²) in [7, 11) is 5.15. The maximum Gasteiger partial charge on any atom is 0.161 e. The Bertz CT molecular complexity index is 617. The molecule has 1 unspecified atom stereocenters. The second-order valence-electron chi connectivity index (χ2n) is 5.23. The third-order valence-electron chi connectivity index (χ3n) is 3.86. The van der Waals surface area contributed by atoms with Crippen LogP contribution in [0.2, 0.25) is 0 Å². The van der Waals surface area contributed by atoms with Crippen LogP contribution in [0.25, 0.3) is 0 Å². The van der Waals surface area contributed by atoms with Gasteiger partial charge in [0.25, 0.3) is 0 Å². The lowest BCUT2D eigenvalue weighted by atomic mass is 9.93. The van der Waals surface area contributed by atoms with Crippen LogP contribution in [0, 0.1) is 0 Å². The fourth-order valence-corrected chi connectivity index (χ4v) is 2.65. The molecule has 2 aromatic carbocycles. The Balaban J connectivity index is 2.52. The van der Waals surface area contributed by atoms with Crippen molar-refractivity contribution in [1.82, 2.24) is 10.8 Å². The van der Waals surface area contributed by atoms with Gasteiger partial charge in [0.2, 0.25) is 0 Å². The molecular formula is C18H24N2O3. The lowest BCUT2D eigenvalue weighted by molar-refractivity contribution is 0.140. The highest BCUT2D eigenvalue weighted by Crippen LogP contribution is 2.35. The van der Waals surface area contributed by atoms with E-state index in [1.165, 1.54) is 0 Å². The van der Waals surface area contributed by atoms with Crippen LogP contribution in [-0.4, -0.2) is 33.0 Å². The minimum absolute atomic E-state index is 0.331. The summed E-state index contributed by atoms with van der Waals surface area (Å²) in [5.41, 5.74) is 5.46. The molecule has 124 valence electrons. The average molecular weight is 316 g/mol. The van der Waals surface area contributed by atoms with E-state index in [0.717, 1.165) is 29.7 Å². The average Bonchev–Trinajstić information content (AvgIpc) is 2.61. The molecule has 0 amide bonds. The molecule has 0 aliphatic heterocycles. The maximum absolute atomic E-state index is 9.74. The predicted octanol–water partition coefficient (Wildman–Crippen LogP) is 2.53. The number of hydrogen-bond acceptors (Lipinski definition) is 5. The molecule has 2 rings (SSSR count). The van der Waals surface area contributed by atoms with Gasteiger partial charge in [-0.15, -0.1) is 0 Å². The number of hydroxylamine groups is 1.